The first-order valence-electron chi connectivity index (χ1n) is 7.83. The van der Waals surface area contributed by atoms with Gasteiger partial charge in [0, 0.05) is 18.4 Å². The Hall–Kier alpha value is -2.41. The molecule has 0 unspecified atom stereocenters. The molecule has 0 fully saturated rings. The first-order chi connectivity index (χ1) is 11.1. The van der Waals surface area contributed by atoms with Crippen molar-refractivity contribution in [1.82, 2.24) is 0 Å². The summed E-state index contributed by atoms with van der Waals surface area (Å²) in [4.78, 5) is 23.6. The van der Waals surface area contributed by atoms with Crippen LogP contribution in [0.4, 0.5) is 0 Å². The first kappa shape index (κ1) is 18.6. The van der Waals surface area contributed by atoms with Gasteiger partial charge in [0.1, 0.15) is 0 Å². The van der Waals surface area contributed by atoms with E-state index in [4.69, 9.17) is 5.26 Å². The molecule has 0 heterocycles. The zero-order valence-corrected chi connectivity index (χ0v) is 13.7. The standard InChI is InChI=1S/C19H23NO3/c1-15(19(22)23-2)11-12-18(21)17-10-7-9-16(14-17)8-5-3-4-6-13-20/h5,7-10,14-15H,3-4,6,11-12H2,1-2H3/b8-5-/t15-/m0/s1. The molecule has 0 aliphatic carbocycles. The fraction of sp³-hybridized carbons (Fsp3) is 0.421. The van der Waals surface area contributed by atoms with Crippen LogP contribution < -0.4 is 0 Å². The van der Waals surface area contributed by atoms with Crippen LogP contribution in [0.1, 0.15) is 54.9 Å². The fourth-order valence-corrected chi connectivity index (χ4v) is 2.15. The van der Waals surface area contributed by atoms with Crippen molar-refractivity contribution in [3.8, 4) is 6.07 Å². The number of methoxy groups -OCH3 is 1. The SMILES string of the molecule is COC(=O)[C@@H](C)CCC(=O)c1cccc(/C=C\CCCC#N)c1. The molecule has 0 aromatic heterocycles. The number of carbonyl (C=O) groups excluding carboxylic acids is 2. The second kappa shape index (κ2) is 10.3. The van der Waals surface area contributed by atoms with Crippen molar-refractivity contribution in [3.63, 3.8) is 0 Å². The van der Waals surface area contributed by atoms with Crippen molar-refractivity contribution in [2.24, 2.45) is 5.92 Å². The summed E-state index contributed by atoms with van der Waals surface area (Å²) in [7, 11) is 1.35. The number of ether oxygens (including phenoxy) is 1. The second-order valence-corrected chi connectivity index (χ2v) is 5.46. The smallest absolute Gasteiger partial charge is 0.308 e. The van der Waals surface area contributed by atoms with Crippen LogP contribution in [-0.4, -0.2) is 18.9 Å². The number of hydrogen-bond acceptors (Lipinski definition) is 4. The van der Waals surface area contributed by atoms with E-state index in [-0.39, 0.29) is 17.7 Å². The van der Waals surface area contributed by atoms with Crippen LogP contribution in [-0.2, 0) is 9.53 Å². The number of hydrogen-bond donors (Lipinski definition) is 0. The summed E-state index contributed by atoms with van der Waals surface area (Å²) < 4.78 is 4.66. The van der Waals surface area contributed by atoms with E-state index >= 15 is 0 Å². The molecule has 1 aromatic carbocycles. The molecular weight excluding hydrogens is 290 g/mol. The first-order valence-corrected chi connectivity index (χ1v) is 7.83. The summed E-state index contributed by atoms with van der Waals surface area (Å²) in [5.74, 6) is -0.528. The number of Topliss-reactive ketones (excluding diaryl/α,β-unsaturated/α-hetero) is 1. The molecule has 4 heteroatoms. The lowest BCUT2D eigenvalue weighted by Gasteiger charge is -2.08. The molecule has 0 spiro atoms. The van der Waals surface area contributed by atoms with E-state index in [1.165, 1.54) is 7.11 Å². The van der Waals surface area contributed by atoms with Gasteiger partial charge in [-0.05, 0) is 30.9 Å². The van der Waals surface area contributed by atoms with Crippen LogP contribution in [0, 0.1) is 17.2 Å². The quantitative estimate of drug-likeness (QED) is 0.390. The van der Waals surface area contributed by atoms with Gasteiger partial charge in [-0.1, -0.05) is 37.3 Å². The lowest BCUT2D eigenvalue weighted by atomic mass is 9.99. The van der Waals surface area contributed by atoms with E-state index in [1.807, 2.05) is 30.4 Å². The van der Waals surface area contributed by atoms with E-state index in [0.29, 0.717) is 24.8 Å². The van der Waals surface area contributed by atoms with Crippen molar-refractivity contribution < 1.29 is 14.3 Å². The number of carbonyl (C=O) groups is 2. The Labute approximate surface area is 137 Å². The van der Waals surface area contributed by atoms with Crippen LogP contribution in [0.2, 0.25) is 0 Å². The maximum atomic E-state index is 12.2. The van der Waals surface area contributed by atoms with E-state index in [2.05, 4.69) is 10.8 Å². The van der Waals surface area contributed by atoms with Crippen LogP contribution in [0.3, 0.4) is 0 Å². The van der Waals surface area contributed by atoms with Gasteiger partial charge in [-0.25, -0.2) is 0 Å². The maximum Gasteiger partial charge on any atom is 0.308 e. The molecule has 0 bridgehead atoms. The van der Waals surface area contributed by atoms with Gasteiger partial charge >= 0.3 is 5.97 Å². The summed E-state index contributed by atoms with van der Waals surface area (Å²) >= 11 is 0. The molecule has 1 atom stereocenters. The van der Waals surface area contributed by atoms with Crippen LogP contribution in [0.15, 0.2) is 30.3 Å². The molecule has 0 saturated carbocycles. The topological polar surface area (TPSA) is 67.2 Å². The average Bonchev–Trinajstić information content (AvgIpc) is 2.58. The van der Waals surface area contributed by atoms with E-state index in [9.17, 15) is 9.59 Å². The highest BCUT2D eigenvalue weighted by Gasteiger charge is 2.15. The zero-order valence-electron chi connectivity index (χ0n) is 13.7. The molecule has 4 nitrogen and oxygen atoms in total. The van der Waals surface area contributed by atoms with Gasteiger partial charge in [-0.3, -0.25) is 9.59 Å². The highest BCUT2D eigenvalue weighted by Crippen LogP contribution is 2.14. The minimum atomic E-state index is -0.285. The van der Waals surface area contributed by atoms with E-state index in [0.717, 1.165) is 18.4 Å². The summed E-state index contributed by atoms with van der Waals surface area (Å²) in [6.07, 6.45) is 7.04. The highest BCUT2D eigenvalue weighted by atomic mass is 16.5. The Morgan fingerprint density at radius 2 is 2.17 bits per heavy atom. The van der Waals surface area contributed by atoms with E-state index < -0.39 is 0 Å². The van der Waals surface area contributed by atoms with Gasteiger partial charge in [0.25, 0.3) is 0 Å². The Balaban J connectivity index is 2.56. The minimum Gasteiger partial charge on any atom is -0.469 e. The number of unbranched alkanes of at least 4 members (excludes halogenated alkanes) is 2. The van der Waals surface area contributed by atoms with Crippen LogP contribution >= 0.6 is 0 Å². The van der Waals surface area contributed by atoms with Gasteiger partial charge < -0.3 is 4.74 Å². The molecule has 1 rings (SSSR count). The molecule has 0 N–H and O–H groups in total. The lowest BCUT2D eigenvalue weighted by molar-refractivity contribution is -0.144. The highest BCUT2D eigenvalue weighted by molar-refractivity contribution is 5.96. The monoisotopic (exact) mass is 313 g/mol. The van der Waals surface area contributed by atoms with Crippen molar-refractivity contribution in [3.05, 3.63) is 41.5 Å². The minimum absolute atomic E-state index is 0.0282. The summed E-state index contributed by atoms with van der Waals surface area (Å²) in [6, 6.07) is 9.55. The number of allylic oxidation sites excluding steroid dienone is 1. The summed E-state index contributed by atoms with van der Waals surface area (Å²) in [6.45, 7) is 1.76. The predicted molar refractivity (Wildman–Crippen MR) is 89.7 cm³/mol. The molecule has 0 aliphatic rings. The summed E-state index contributed by atoms with van der Waals surface area (Å²) in [5, 5.41) is 8.48. The lowest BCUT2D eigenvalue weighted by Crippen LogP contribution is -2.14. The average molecular weight is 313 g/mol. The summed E-state index contributed by atoms with van der Waals surface area (Å²) in [5.41, 5.74) is 1.62. The van der Waals surface area contributed by atoms with Gasteiger partial charge in [-0.15, -0.1) is 0 Å². The van der Waals surface area contributed by atoms with E-state index in [1.54, 1.807) is 13.0 Å². The molecular formula is C19H23NO3. The molecule has 0 amide bonds. The maximum absolute atomic E-state index is 12.2. The van der Waals surface area contributed by atoms with Crippen molar-refractivity contribution in [2.75, 3.05) is 7.11 Å². The Morgan fingerprint density at radius 1 is 1.39 bits per heavy atom. The molecule has 0 saturated heterocycles. The number of ketones is 1. The Bertz CT molecular complexity index is 599. The fourth-order valence-electron chi connectivity index (χ4n) is 2.15. The largest absolute Gasteiger partial charge is 0.469 e. The number of esters is 1. The molecule has 0 aliphatic heterocycles. The third-order valence-corrected chi connectivity index (χ3v) is 3.59. The molecule has 23 heavy (non-hydrogen) atoms. The van der Waals surface area contributed by atoms with Crippen LogP contribution in [0.5, 0.6) is 0 Å². The van der Waals surface area contributed by atoms with Crippen molar-refractivity contribution in [2.45, 2.75) is 39.0 Å². The third-order valence-electron chi connectivity index (χ3n) is 3.59. The van der Waals surface area contributed by atoms with Crippen molar-refractivity contribution in [1.29, 1.82) is 5.26 Å². The Morgan fingerprint density at radius 3 is 2.87 bits per heavy atom. The Kier molecular flexibility index (Phi) is 8.38. The number of benzene rings is 1. The third kappa shape index (κ3) is 6.92. The number of nitrogens with zero attached hydrogens (tertiary/aromatic N) is 1. The molecule has 122 valence electrons. The van der Waals surface area contributed by atoms with Crippen molar-refractivity contribution >= 4 is 17.8 Å². The van der Waals surface area contributed by atoms with Gasteiger partial charge in [0.05, 0.1) is 19.1 Å². The van der Waals surface area contributed by atoms with Gasteiger partial charge in [0.2, 0.25) is 0 Å². The number of nitriles is 1. The van der Waals surface area contributed by atoms with Gasteiger partial charge in [-0.2, -0.15) is 5.26 Å². The molecule has 1 aromatic rings. The normalized spacial score (nSPS) is 11.9. The predicted octanol–water partition coefficient (Wildman–Crippen LogP) is 4.17. The second-order valence-electron chi connectivity index (χ2n) is 5.46. The van der Waals surface area contributed by atoms with Crippen LogP contribution in [0.25, 0.3) is 6.08 Å². The number of rotatable bonds is 9. The molecule has 0 radical (unpaired) electrons. The van der Waals surface area contributed by atoms with Gasteiger partial charge in [0.15, 0.2) is 5.78 Å². The zero-order chi connectivity index (χ0) is 17.1.